The minimum Gasteiger partial charge on any atom is -0.462 e. The average Bonchev–Trinajstić information content (AvgIpc) is 3.04. The van der Waals surface area contributed by atoms with Crippen molar-refractivity contribution >= 4 is 11.9 Å². The lowest BCUT2D eigenvalue weighted by molar-refractivity contribution is -0.161. The molecule has 0 rings (SSSR count). The Balaban J connectivity index is 3.76. The van der Waals surface area contributed by atoms with E-state index >= 15 is 0 Å². The molecule has 1 N–H and O–H groups in total. The molecule has 0 aliphatic rings. The largest absolute Gasteiger partial charge is 0.462 e. The van der Waals surface area contributed by atoms with Gasteiger partial charge in [-0.15, -0.1) is 0 Å². The van der Waals surface area contributed by atoms with E-state index in [0.717, 1.165) is 77.0 Å². The van der Waals surface area contributed by atoms with Gasteiger partial charge < -0.3 is 14.6 Å². The van der Waals surface area contributed by atoms with E-state index in [1.54, 1.807) is 0 Å². The first-order valence-electron chi connectivity index (χ1n) is 17.4. The zero-order valence-electron chi connectivity index (χ0n) is 28.3. The first-order chi connectivity index (χ1) is 22.1. The van der Waals surface area contributed by atoms with Crippen molar-refractivity contribution in [3.05, 3.63) is 97.2 Å². The van der Waals surface area contributed by atoms with Crippen molar-refractivity contribution in [2.45, 2.75) is 129 Å². The van der Waals surface area contributed by atoms with Crippen LogP contribution in [0.1, 0.15) is 123 Å². The third-order valence-corrected chi connectivity index (χ3v) is 6.80. The molecule has 0 saturated carbocycles. The maximum atomic E-state index is 12.1. The van der Waals surface area contributed by atoms with Gasteiger partial charge in [-0.2, -0.15) is 0 Å². The fourth-order valence-electron chi connectivity index (χ4n) is 4.16. The number of aliphatic hydroxyl groups excluding tert-OH is 1. The van der Waals surface area contributed by atoms with Crippen LogP contribution in [0.2, 0.25) is 0 Å². The number of rotatable bonds is 29. The van der Waals surface area contributed by atoms with Crippen molar-refractivity contribution in [2.75, 3.05) is 13.2 Å². The Labute approximate surface area is 275 Å². The Morgan fingerprint density at radius 1 is 0.533 bits per heavy atom. The van der Waals surface area contributed by atoms with E-state index in [1.165, 1.54) is 19.3 Å². The third-order valence-electron chi connectivity index (χ3n) is 6.80. The number of carbonyl (C=O) groups excluding carboxylic acids is 2. The van der Waals surface area contributed by atoms with E-state index in [9.17, 15) is 14.7 Å². The van der Waals surface area contributed by atoms with Crippen LogP contribution in [0.15, 0.2) is 97.2 Å². The maximum Gasteiger partial charge on any atom is 0.306 e. The van der Waals surface area contributed by atoms with Crippen molar-refractivity contribution in [1.82, 2.24) is 0 Å². The summed E-state index contributed by atoms with van der Waals surface area (Å²) >= 11 is 0. The van der Waals surface area contributed by atoms with Gasteiger partial charge in [-0.05, 0) is 57.8 Å². The first-order valence-corrected chi connectivity index (χ1v) is 17.4. The highest BCUT2D eigenvalue weighted by Crippen LogP contribution is 2.10. The van der Waals surface area contributed by atoms with Crippen LogP contribution in [-0.2, 0) is 19.1 Å². The summed E-state index contributed by atoms with van der Waals surface area (Å²) in [5.41, 5.74) is 0. The summed E-state index contributed by atoms with van der Waals surface area (Å²) in [5.74, 6) is -0.677. The molecule has 0 aromatic rings. The minimum atomic E-state index is -0.805. The molecule has 0 amide bonds. The molecular weight excluding hydrogens is 560 g/mol. The molecule has 5 nitrogen and oxygen atoms in total. The summed E-state index contributed by atoms with van der Waals surface area (Å²) in [6.07, 6.45) is 48.8. The Hall–Kier alpha value is -3.18. The Kier molecular flexibility index (Phi) is 32.8. The Morgan fingerprint density at radius 3 is 1.47 bits per heavy atom. The smallest absolute Gasteiger partial charge is 0.306 e. The lowest BCUT2D eigenvalue weighted by Crippen LogP contribution is -2.28. The molecule has 0 saturated heterocycles. The number of allylic oxidation sites excluding steroid dienone is 16. The van der Waals surface area contributed by atoms with Crippen molar-refractivity contribution in [3.63, 3.8) is 0 Å². The fourth-order valence-corrected chi connectivity index (χ4v) is 4.16. The van der Waals surface area contributed by atoms with Crippen LogP contribution < -0.4 is 0 Å². The minimum absolute atomic E-state index is 0.103. The summed E-state index contributed by atoms with van der Waals surface area (Å²) in [4.78, 5) is 24.1. The highest BCUT2D eigenvalue weighted by atomic mass is 16.6. The lowest BCUT2D eigenvalue weighted by atomic mass is 10.1. The summed E-state index contributed by atoms with van der Waals surface area (Å²) in [7, 11) is 0. The number of hydrogen-bond donors (Lipinski definition) is 1. The van der Waals surface area contributed by atoms with Crippen LogP contribution in [0.3, 0.4) is 0 Å². The molecular formula is C40H62O5. The van der Waals surface area contributed by atoms with E-state index < -0.39 is 6.10 Å². The molecule has 0 radical (unpaired) electrons. The van der Waals surface area contributed by atoms with Gasteiger partial charge in [0.05, 0.1) is 6.61 Å². The maximum absolute atomic E-state index is 12.1. The third kappa shape index (κ3) is 33.5. The summed E-state index contributed by atoms with van der Waals surface area (Å²) < 4.78 is 10.5. The van der Waals surface area contributed by atoms with Crippen molar-refractivity contribution in [1.29, 1.82) is 0 Å². The van der Waals surface area contributed by atoms with Gasteiger partial charge in [-0.25, -0.2) is 0 Å². The quantitative estimate of drug-likeness (QED) is 0.0510. The highest BCUT2D eigenvalue weighted by Gasteiger charge is 2.16. The second-order valence-electron chi connectivity index (χ2n) is 11.0. The summed E-state index contributed by atoms with van der Waals surface area (Å²) in [6, 6.07) is 0. The van der Waals surface area contributed by atoms with Crippen molar-refractivity contribution in [3.8, 4) is 0 Å². The van der Waals surface area contributed by atoms with Crippen LogP contribution in [0.4, 0.5) is 0 Å². The van der Waals surface area contributed by atoms with Gasteiger partial charge in [-0.3, -0.25) is 9.59 Å². The van der Waals surface area contributed by atoms with Gasteiger partial charge in [-0.1, -0.05) is 150 Å². The van der Waals surface area contributed by atoms with E-state index in [-0.39, 0.29) is 25.2 Å². The molecule has 252 valence electrons. The number of carbonyl (C=O) groups is 2. The normalized spacial score (nSPS) is 13.4. The number of esters is 2. The monoisotopic (exact) mass is 622 g/mol. The number of aliphatic hydroxyl groups is 1. The molecule has 0 bridgehead atoms. The molecule has 1 unspecified atom stereocenters. The van der Waals surface area contributed by atoms with Crippen LogP contribution in [-0.4, -0.2) is 36.4 Å². The van der Waals surface area contributed by atoms with Gasteiger partial charge in [0, 0.05) is 12.8 Å². The molecule has 0 aliphatic heterocycles. The molecule has 0 aromatic carbocycles. The van der Waals surface area contributed by atoms with Crippen molar-refractivity contribution in [2.24, 2.45) is 0 Å². The second kappa shape index (κ2) is 35.3. The number of ether oxygens (including phenoxy) is 2. The number of unbranched alkanes of at least 4 members (excludes halogenated alkanes) is 11. The average molecular weight is 623 g/mol. The van der Waals surface area contributed by atoms with Crippen molar-refractivity contribution < 1.29 is 24.2 Å². The molecule has 5 heteroatoms. The van der Waals surface area contributed by atoms with Gasteiger partial charge in [0.25, 0.3) is 0 Å². The van der Waals surface area contributed by atoms with Crippen LogP contribution in [0.5, 0.6) is 0 Å². The first kappa shape index (κ1) is 41.8. The molecule has 0 heterocycles. The Morgan fingerprint density at radius 2 is 0.956 bits per heavy atom. The van der Waals surface area contributed by atoms with Gasteiger partial charge in [0.15, 0.2) is 6.10 Å². The standard InChI is InChI=1S/C40H62O5/c1-3-5-7-9-11-13-15-17-18-19-20-21-23-25-27-29-31-33-35-40(43)45-38(36-41)37-44-39(42)34-32-30-28-26-24-22-16-14-12-10-8-6-4-2/h6,8,10-22,24,38,41H,3-5,7,9,23,25-37H2,1-2H3/b8-6+,12-10+,13-11+,16-14+,17-15+,19-18+,21-20+,24-22+. The zero-order valence-corrected chi connectivity index (χ0v) is 28.3. The fraction of sp³-hybridized carbons (Fsp3) is 0.550. The van der Waals surface area contributed by atoms with Crippen LogP contribution >= 0.6 is 0 Å². The van der Waals surface area contributed by atoms with E-state index in [4.69, 9.17) is 9.47 Å². The summed E-state index contributed by atoms with van der Waals surface area (Å²) in [5, 5.41) is 9.51. The van der Waals surface area contributed by atoms with E-state index in [0.29, 0.717) is 12.8 Å². The van der Waals surface area contributed by atoms with Gasteiger partial charge >= 0.3 is 11.9 Å². The predicted octanol–water partition coefficient (Wildman–Crippen LogP) is 10.6. The molecule has 0 fully saturated rings. The highest BCUT2D eigenvalue weighted by molar-refractivity contribution is 5.70. The Bertz CT molecular complexity index is 932. The topological polar surface area (TPSA) is 72.8 Å². The molecule has 0 spiro atoms. The lowest BCUT2D eigenvalue weighted by Gasteiger charge is -2.15. The predicted molar refractivity (Wildman–Crippen MR) is 191 cm³/mol. The molecule has 1 atom stereocenters. The summed E-state index contributed by atoms with van der Waals surface area (Å²) in [6.45, 7) is 3.87. The molecule has 0 aromatic heterocycles. The van der Waals surface area contributed by atoms with Crippen LogP contribution in [0.25, 0.3) is 0 Å². The molecule has 0 aliphatic carbocycles. The van der Waals surface area contributed by atoms with E-state index in [2.05, 4.69) is 68.5 Å². The van der Waals surface area contributed by atoms with Gasteiger partial charge in [0.2, 0.25) is 0 Å². The number of hydrogen-bond acceptors (Lipinski definition) is 5. The van der Waals surface area contributed by atoms with Crippen LogP contribution in [0, 0.1) is 0 Å². The zero-order chi connectivity index (χ0) is 32.9. The van der Waals surface area contributed by atoms with E-state index in [1.807, 2.05) is 42.5 Å². The van der Waals surface area contributed by atoms with Gasteiger partial charge in [0.1, 0.15) is 6.61 Å². The second-order valence-corrected chi connectivity index (χ2v) is 11.0. The SMILES string of the molecule is CC/C=C/C=C/C=C/C=C/CCCCCC(=O)OCC(CO)OC(=O)CCCCCCC/C=C/C=C/C=C/C=C/CCCCC. The molecule has 45 heavy (non-hydrogen) atoms.